The molecular weight excluding hydrogens is 990 g/mol. The summed E-state index contributed by atoms with van der Waals surface area (Å²) in [5.41, 5.74) is 3.77. The average molecular weight is 1030 g/mol. The topological polar surface area (TPSA) is 193 Å². The van der Waals surface area contributed by atoms with Crippen molar-refractivity contribution in [3.05, 3.63) is 172 Å². The lowest BCUT2D eigenvalue weighted by atomic mass is 9.92. The SMILES string of the molecule is [C-]#[N+]c1cccc(C(F)(F)F)c1-c1c(-n2c3ccc(-c4nc(C)nc(C)n4)cc3c3cc(-c4nc(C)nc(C)n4)ccc32)cc(C#N)cc1-n1c2ccc(-c3nc(C)nc(C)n3)cc2c2cc(-c3nc(C)nc(C)n3)ccc21. The van der Waals surface area contributed by atoms with E-state index >= 15 is 13.2 Å². The summed E-state index contributed by atoms with van der Waals surface area (Å²) >= 11 is 0. The first kappa shape index (κ1) is 48.7. The molecule has 0 bridgehead atoms. The molecule has 6 aromatic heterocycles. The van der Waals surface area contributed by atoms with Crippen molar-refractivity contribution in [2.24, 2.45) is 0 Å². The predicted octanol–water partition coefficient (Wildman–Crippen LogP) is 12.9. The molecule has 0 unspecified atom stereocenters. The van der Waals surface area contributed by atoms with Crippen molar-refractivity contribution in [3.63, 3.8) is 0 Å². The molecule has 0 N–H and O–H groups in total. The van der Waals surface area contributed by atoms with Gasteiger partial charge in [0.1, 0.15) is 46.6 Å². The van der Waals surface area contributed by atoms with Crippen molar-refractivity contribution in [2.45, 2.75) is 61.6 Å². The number of halogens is 3. The van der Waals surface area contributed by atoms with Gasteiger partial charge in [0, 0.05) is 54.9 Å². The third kappa shape index (κ3) is 8.34. The van der Waals surface area contributed by atoms with Gasteiger partial charge >= 0.3 is 6.18 Å². The number of aromatic nitrogens is 14. The minimum Gasteiger partial charge on any atom is -0.309 e. The van der Waals surface area contributed by atoms with Crippen LogP contribution in [0.3, 0.4) is 0 Å². The minimum atomic E-state index is -4.95. The molecule has 0 spiro atoms. The largest absolute Gasteiger partial charge is 0.415 e. The third-order valence-electron chi connectivity index (χ3n) is 13.4. The highest BCUT2D eigenvalue weighted by Crippen LogP contribution is 2.50. The summed E-state index contributed by atoms with van der Waals surface area (Å²) in [6.07, 6.45) is -4.95. The first-order valence-electron chi connectivity index (χ1n) is 24.5. The predicted molar refractivity (Wildman–Crippen MR) is 290 cm³/mol. The average Bonchev–Trinajstić information content (AvgIpc) is 4.14. The molecule has 0 fully saturated rings. The van der Waals surface area contributed by atoms with Crippen molar-refractivity contribution in [1.82, 2.24) is 68.9 Å². The van der Waals surface area contributed by atoms with E-state index in [4.69, 9.17) is 6.57 Å². The van der Waals surface area contributed by atoms with Gasteiger partial charge in [-0.05, 0) is 140 Å². The molecule has 19 heteroatoms. The van der Waals surface area contributed by atoms with Gasteiger partial charge in [-0.25, -0.2) is 64.7 Å². The van der Waals surface area contributed by atoms with Gasteiger partial charge in [-0.2, -0.15) is 18.4 Å². The van der Waals surface area contributed by atoms with E-state index in [9.17, 15) is 5.26 Å². The maximum absolute atomic E-state index is 16.0. The highest BCUT2D eigenvalue weighted by Gasteiger charge is 2.37. The van der Waals surface area contributed by atoms with Crippen molar-refractivity contribution < 1.29 is 13.2 Å². The van der Waals surface area contributed by atoms with Crippen LogP contribution in [0.25, 0.3) is 117 Å². The molecule has 378 valence electrons. The Labute approximate surface area is 443 Å². The Morgan fingerprint density at radius 3 is 1.00 bits per heavy atom. The molecule has 6 aromatic carbocycles. The van der Waals surface area contributed by atoms with Crippen LogP contribution in [0.15, 0.2) is 103 Å². The molecule has 0 amide bonds. The Morgan fingerprint density at radius 2 is 0.731 bits per heavy atom. The minimum absolute atomic E-state index is 0.0340. The normalized spacial score (nSPS) is 11.8. The van der Waals surface area contributed by atoms with Crippen LogP contribution in [0.1, 0.15) is 57.7 Å². The van der Waals surface area contributed by atoms with E-state index in [0.717, 1.165) is 6.07 Å². The van der Waals surface area contributed by atoms with Gasteiger partial charge in [-0.3, -0.25) is 0 Å². The molecule has 0 atom stereocenters. The van der Waals surface area contributed by atoms with Crippen LogP contribution in [0.5, 0.6) is 0 Å². The summed E-state index contributed by atoms with van der Waals surface area (Å²) in [5.74, 6) is 5.91. The Kier molecular flexibility index (Phi) is 11.4. The van der Waals surface area contributed by atoms with Crippen molar-refractivity contribution in [2.75, 3.05) is 0 Å². The van der Waals surface area contributed by atoms with Gasteiger partial charge in [-0.15, -0.1) is 0 Å². The van der Waals surface area contributed by atoms with Crippen molar-refractivity contribution in [1.29, 1.82) is 5.26 Å². The molecule has 12 aromatic rings. The molecule has 0 aliphatic rings. The fraction of sp³-hybridized carbons (Fsp3) is 0.153. The van der Waals surface area contributed by atoms with Gasteiger partial charge in [-0.1, -0.05) is 18.2 Å². The Hall–Kier alpha value is -10.3. The first-order chi connectivity index (χ1) is 37.4. The number of nitrogens with zero attached hydrogens (tertiary/aromatic N) is 16. The summed E-state index contributed by atoms with van der Waals surface area (Å²) in [6, 6.07) is 31.7. The zero-order chi connectivity index (χ0) is 54.5. The summed E-state index contributed by atoms with van der Waals surface area (Å²) in [6.45, 7) is 22.8. The van der Waals surface area contributed by atoms with Gasteiger partial charge in [0.2, 0.25) is 0 Å². The second-order valence-electron chi connectivity index (χ2n) is 18.9. The lowest BCUT2D eigenvalue weighted by molar-refractivity contribution is -0.137. The molecule has 12 rings (SSSR count). The maximum atomic E-state index is 16.0. The molecule has 16 nitrogen and oxygen atoms in total. The number of hydrogen-bond donors (Lipinski definition) is 0. The molecule has 0 aliphatic carbocycles. The molecule has 0 saturated heterocycles. The van der Waals surface area contributed by atoms with Crippen LogP contribution in [0.2, 0.25) is 0 Å². The van der Waals surface area contributed by atoms with E-state index in [2.05, 4.69) is 70.7 Å². The molecular formula is C59H41F3N16. The number of hydrogen-bond acceptors (Lipinski definition) is 13. The second-order valence-corrected chi connectivity index (χ2v) is 18.9. The summed E-state index contributed by atoms with van der Waals surface area (Å²) in [5, 5.41) is 13.8. The summed E-state index contributed by atoms with van der Waals surface area (Å²) in [4.78, 5) is 58.7. The lowest BCUT2D eigenvalue weighted by Crippen LogP contribution is -2.11. The Bertz CT molecular complexity index is 4090. The van der Waals surface area contributed by atoms with Crippen LogP contribution in [-0.4, -0.2) is 68.9 Å². The smallest absolute Gasteiger partial charge is 0.309 e. The van der Waals surface area contributed by atoms with E-state index in [0.29, 0.717) is 136 Å². The van der Waals surface area contributed by atoms with Crippen LogP contribution >= 0.6 is 0 Å². The number of fused-ring (bicyclic) bond motifs is 6. The van der Waals surface area contributed by atoms with Crippen LogP contribution in [0, 0.1) is 73.3 Å². The van der Waals surface area contributed by atoms with Crippen LogP contribution in [0.4, 0.5) is 18.9 Å². The number of aryl methyl sites for hydroxylation is 8. The van der Waals surface area contributed by atoms with Gasteiger partial charge in [0.05, 0.1) is 57.2 Å². The standard InChI is InChI=1S/C59H41F3N16/c1-28-65-29(2)70-55(69-28)37-13-17-47-41(23-37)42-24-38(56-71-30(3)66-31(4)72-56)14-18-48(42)77(47)51-21-36(27-63)22-52(54(51)53-45(59(60,61)62)11-10-12-46(53)64-9)78-49-19-15-39(57-73-32(5)67-33(6)74-57)25-43(49)44-26-40(16-20-50(44)78)58-75-34(7)68-35(8)76-58/h10-26H,1-8H3. The fourth-order valence-corrected chi connectivity index (χ4v) is 10.5. The van der Waals surface area contributed by atoms with E-state index in [1.54, 1.807) is 67.5 Å². The van der Waals surface area contributed by atoms with Gasteiger partial charge in [0.15, 0.2) is 29.0 Å². The zero-order valence-corrected chi connectivity index (χ0v) is 43.1. The van der Waals surface area contributed by atoms with E-state index in [-0.39, 0.29) is 33.8 Å². The third-order valence-corrected chi connectivity index (χ3v) is 13.4. The van der Waals surface area contributed by atoms with E-state index < -0.39 is 11.7 Å². The van der Waals surface area contributed by atoms with Crippen LogP contribution < -0.4 is 0 Å². The molecule has 0 saturated carbocycles. The van der Waals surface area contributed by atoms with Gasteiger partial charge < -0.3 is 9.13 Å². The number of benzene rings is 6. The quantitative estimate of drug-likeness (QED) is 0.137. The molecule has 6 heterocycles. The highest BCUT2D eigenvalue weighted by atomic mass is 19.4. The maximum Gasteiger partial charge on any atom is 0.415 e. The number of nitriles is 1. The zero-order valence-electron chi connectivity index (χ0n) is 43.1. The van der Waals surface area contributed by atoms with Crippen LogP contribution in [-0.2, 0) is 6.18 Å². The second kappa shape index (κ2) is 18.2. The lowest BCUT2D eigenvalue weighted by Gasteiger charge is -2.24. The molecule has 78 heavy (non-hydrogen) atoms. The van der Waals surface area contributed by atoms with E-state index in [1.165, 1.54) is 12.1 Å². The van der Waals surface area contributed by atoms with Crippen molar-refractivity contribution in [3.8, 4) is 74.1 Å². The fourth-order valence-electron chi connectivity index (χ4n) is 10.5. The molecule has 0 aliphatic heterocycles. The number of alkyl halides is 3. The molecule has 0 radical (unpaired) electrons. The summed E-state index contributed by atoms with van der Waals surface area (Å²) < 4.78 is 51.6. The highest BCUT2D eigenvalue weighted by molar-refractivity contribution is 6.14. The Morgan fingerprint density at radius 1 is 0.423 bits per heavy atom. The van der Waals surface area contributed by atoms with Crippen molar-refractivity contribution >= 4 is 49.3 Å². The van der Waals surface area contributed by atoms with E-state index in [1.807, 2.05) is 81.9 Å². The number of rotatable bonds is 7. The van der Waals surface area contributed by atoms with Gasteiger partial charge in [0.25, 0.3) is 0 Å². The monoisotopic (exact) mass is 1030 g/mol. The Balaban J connectivity index is 1.25. The summed E-state index contributed by atoms with van der Waals surface area (Å²) in [7, 11) is 0. The first-order valence-corrected chi connectivity index (χ1v) is 24.5.